The first-order valence-corrected chi connectivity index (χ1v) is 12.7. The smallest absolute Gasteiger partial charge is 0.338 e. The number of carbonyl (C=O) groups excluding carboxylic acids is 3. The number of phenolic OH excluding ortho intramolecular Hbond substituents is 8. The number of esters is 3. The van der Waals surface area contributed by atoms with Crippen LogP contribution >= 0.6 is 0 Å². The number of benzene rings is 3. The zero-order chi connectivity index (χ0) is 33.2. The molecule has 1 aliphatic rings. The van der Waals surface area contributed by atoms with Crippen LogP contribution in [0.2, 0.25) is 0 Å². The van der Waals surface area contributed by atoms with Crippen molar-refractivity contribution in [1.82, 2.24) is 0 Å². The van der Waals surface area contributed by atoms with Crippen molar-refractivity contribution in [2.24, 2.45) is 0 Å². The molecule has 9 N–H and O–H groups in total. The van der Waals surface area contributed by atoms with E-state index in [4.69, 9.17) is 23.7 Å². The van der Waals surface area contributed by atoms with Gasteiger partial charge in [0, 0.05) is 0 Å². The quantitative estimate of drug-likeness (QED) is 0.0936. The largest absolute Gasteiger partial charge is 0.504 e. The molecule has 0 aromatic heterocycles. The first kappa shape index (κ1) is 32.1. The molecule has 45 heavy (non-hydrogen) atoms. The van der Waals surface area contributed by atoms with Gasteiger partial charge in [-0.15, -0.1) is 0 Å². The number of rotatable bonds is 8. The van der Waals surface area contributed by atoms with E-state index in [1.54, 1.807) is 0 Å². The number of methoxy groups -OCH3 is 1. The summed E-state index contributed by atoms with van der Waals surface area (Å²) in [5.41, 5.74) is -1.20. The fourth-order valence-electron chi connectivity index (χ4n) is 4.18. The van der Waals surface area contributed by atoms with E-state index in [0.717, 1.165) is 43.5 Å². The summed E-state index contributed by atoms with van der Waals surface area (Å²) in [6, 6.07) is 4.98. The van der Waals surface area contributed by atoms with Gasteiger partial charge >= 0.3 is 17.9 Å². The molecule has 0 aliphatic carbocycles. The number of aromatic hydroxyl groups is 8. The highest BCUT2D eigenvalue weighted by molar-refractivity contribution is 5.92. The Labute approximate surface area is 251 Å². The highest BCUT2D eigenvalue weighted by atomic mass is 16.6. The van der Waals surface area contributed by atoms with Crippen molar-refractivity contribution in [3.63, 3.8) is 0 Å². The Hall–Kier alpha value is -5.81. The number of aliphatic hydroxyl groups is 1. The van der Waals surface area contributed by atoms with Crippen LogP contribution in [0.3, 0.4) is 0 Å². The Morgan fingerprint density at radius 1 is 0.689 bits per heavy atom. The lowest BCUT2D eigenvalue weighted by atomic mass is 9.99. The molecule has 1 aliphatic heterocycles. The van der Waals surface area contributed by atoms with Crippen molar-refractivity contribution in [3.05, 3.63) is 53.1 Å². The topological polar surface area (TPSA) is 279 Å². The second-order valence-corrected chi connectivity index (χ2v) is 9.55. The molecule has 0 bridgehead atoms. The third-order valence-electron chi connectivity index (χ3n) is 6.56. The molecule has 0 saturated carbocycles. The molecular weight excluding hydrogens is 608 g/mol. The van der Waals surface area contributed by atoms with Gasteiger partial charge in [0.05, 0.1) is 30.4 Å². The van der Waals surface area contributed by atoms with Gasteiger partial charge in [-0.05, 0) is 36.4 Å². The Balaban J connectivity index is 1.57. The number of carbonyl (C=O) groups is 3. The fourth-order valence-corrected chi connectivity index (χ4v) is 4.18. The van der Waals surface area contributed by atoms with Crippen molar-refractivity contribution in [2.75, 3.05) is 20.3 Å². The monoisotopic (exact) mass is 634 g/mol. The van der Waals surface area contributed by atoms with Crippen LogP contribution < -0.4 is 4.74 Å². The van der Waals surface area contributed by atoms with Crippen LogP contribution in [0.1, 0.15) is 31.1 Å². The Bertz CT molecular complexity index is 1590. The zero-order valence-corrected chi connectivity index (χ0v) is 23.0. The van der Waals surface area contributed by atoms with E-state index in [0.29, 0.717) is 0 Å². The lowest BCUT2D eigenvalue weighted by Crippen LogP contribution is -2.57. The van der Waals surface area contributed by atoms with Crippen LogP contribution in [0.4, 0.5) is 0 Å². The SMILES string of the molecule is COc1cc(C(=O)O[C@H]2[C@H](O)[C@@H](OC(=O)c3cc(O)c(O)c(O)c3)CO[C@@H]2COC(=O)c2cc(O)c(O)c(O)c2)cc(O)c1O. The molecule has 4 rings (SSSR count). The third kappa shape index (κ3) is 6.73. The average molecular weight is 634 g/mol. The fraction of sp³-hybridized carbons (Fsp3) is 0.250. The van der Waals surface area contributed by atoms with E-state index in [9.17, 15) is 60.3 Å². The molecule has 17 heteroatoms. The van der Waals surface area contributed by atoms with Crippen LogP contribution in [-0.2, 0) is 18.9 Å². The molecule has 0 unspecified atom stereocenters. The van der Waals surface area contributed by atoms with E-state index < -0.39 is 113 Å². The number of phenols is 8. The second-order valence-electron chi connectivity index (χ2n) is 9.55. The lowest BCUT2D eigenvalue weighted by molar-refractivity contribution is -0.196. The first-order chi connectivity index (χ1) is 21.2. The number of ether oxygens (including phenoxy) is 5. The van der Waals surface area contributed by atoms with E-state index in [-0.39, 0.29) is 11.3 Å². The molecule has 3 aromatic rings. The summed E-state index contributed by atoms with van der Waals surface area (Å²) in [5, 5.41) is 88.7. The van der Waals surface area contributed by atoms with E-state index in [1.807, 2.05) is 0 Å². The minimum atomic E-state index is -1.87. The maximum absolute atomic E-state index is 13.0. The van der Waals surface area contributed by atoms with E-state index in [1.165, 1.54) is 0 Å². The standard InChI is InChI=1S/C28H26O17/c1-41-18-7-12(6-17(33)23(18)36)28(40)45-25-20(9-43-26(38)10-2-13(29)21(34)14(30)3-10)42-8-19(24(25)37)44-27(39)11-4-15(31)22(35)16(32)5-11/h2-7,19-20,24-25,29-37H,8-9H2,1H3/t19-,20+,24+,25+/m0/s1. The highest BCUT2D eigenvalue weighted by Gasteiger charge is 2.45. The lowest BCUT2D eigenvalue weighted by Gasteiger charge is -2.38. The normalized spacial score (nSPS) is 19.3. The predicted octanol–water partition coefficient (Wildman–Crippen LogP) is 0.708. The molecular formula is C28H26O17. The van der Waals surface area contributed by atoms with Gasteiger partial charge in [-0.25, -0.2) is 14.4 Å². The molecule has 4 atom stereocenters. The molecule has 0 amide bonds. The molecule has 1 heterocycles. The summed E-state index contributed by atoms with van der Waals surface area (Å²) in [7, 11) is 1.15. The van der Waals surface area contributed by atoms with Gasteiger partial charge < -0.3 is 69.6 Å². The van der Waals surface area contributed by atoms with Gasteiger partial charge in [0.2, 0.25) is 5.75 Å². The van der Waals surface area contributed by atoms with Gasteiger partial charge in [0.15, 0.2) is 58.2 Å². The minimum Gasteiger partial charge on any atom is -0.504 e. The Kier molecular flexibility index (Phi) is 9.15. The van der Waals surface area contributed by atoms with Gasteiger partial charge in [-0.3, -0.25) is 0 Å². The summed E-state index contributed by atoms with van der Waals surface area (Å²) >= 11 is 0. The number of hydrogen-bond acceptors (Lipinski definition) is 17. The van der Waals surface area contributed by atoms with Crippen molar-refractivity contribution >= 4 is 17.9 Å². The summed E-state index contributed by atoms with van der Waals surface area (Å²) in [6.07, 6.45) is -6.61. The maximum atomic E-state index is 13.0. The van der Waals surface area contributed by atoms with Crippen LogP contribution in [0.15, 0.2) is 36.4 Å². The summed E-state index contributed by atoms with van der Waals surface area (Å²) in [4.78, 5) is 38.3. The average Bonchev–Trinajstić information content (AvgIpc) is 3.00. The van der Waals surface area contributed by atoms with Crippen molar-refractivity contribution < 1.29 is 84.0 Å². The van der Waals surface area contributed by atoms with Crippen molar-refractivity contribution in [3.8, 4) is 51.7 Å². The van der Waals surface area contributed by atoms with Gasteiger partial charge in [-0.1, -0.05) is 0 Å². The second kappa shape index (κ2) is 12.8. The molecule has 240 valence electrons. The first-order valence-electron chi connectivity index (χ1n) is 12.7. The molecule has 1 saturated heterocycles. The van der Waals surface area contributed by atoms with Gasteiger partial charge in [0.25, 0.3) is 0 Å². The van der Waals surface area contributed by atoms with Crippen molar-refractivity contribution in [2.45, 2.75) is 24.4 Å². The van der Waals surface area contributed by atoms with Crippen molar-refractivity contribution in [1.29, 1.82) is 0 Å². The molecule has 17 nitrogen and oxygen atoms in total. The van der Waals surface area contributed by atoms with Gasteiger partial charge in [0.1, 0.15) is 18.8 Å². The molecule has 1 fully saturated rings. The summed E-state index contributed by atoms with van der Waals surface area (Å²) in [6.45, 7) is -1.28. The molecule has 3 aromatic carbocycles. The third-order valence-corrected chi connectivity index (χ3v) is 6.56. The summed E-state index contributed by atoms with van der Waals surface area (Å²) in [5.74, 6) is -10.4. The molecule has 0 radical (unpaired) electrons. The maximum Gasteiger partial charge on any atom is 0.338 e. The van der Waals surface area contributed by atoms with Crippen LogP contribution in [0.25, 0.3) is 0 Å². The Morgan fingerprint density at radius 3 is 1.64 bits per heavy atom. The zero-order valence-electron chi connectivity index (χ0n) is 23.0. The van der Waals surface area contributed by atoms with Crippen LogP contribution in [0, 0.1) is 0 Å². The molecule has 0 spiro atoms. The van der Waals surface area contributed by atoms with Gasteiger partial charge in [-0.2, -0.15) is 0 Å². The van der Waals surface area contributed by atoms with Crippen LogP contribution in [-0.4, -0.2) is 109 Å². The van der Waals surface area contributed by atoms with E-state index >= 15 is 0 Å². The predicted molar refractivity (Wildman–Crippen MR) is 144 cm³/mol. The summed E-state index contributed by atoms with van der Waals surface area (Å²) < 4.78 is 26.2. The Morgan fingerprint density at radius 2 is 1.13 bits per heavy atom. The number of hydrogen-bond donors (Lipinski definition) is 9. The highest BCUT2D eigenvalue weighted by Crippen LogP contribution is 2.38. The minimum absolute atomic E-state index is 0.305. The number of aliphatic hydroxyl groups excluding tert-OH is 1. The van der Waals surface area contributed by atoms with E-state index in [2.05, 4.69) is 0 Å². The van der Waals surface area contributed by atoms with Crippen LogP contribution in [0.5, 0.6) is 51.7 Å².